The molecule has 0 saturated heterocycles. The first-order valence-electron chi connectivity index (χ1n) is 4.55. The molecule has 0 fully saturated rings. The van der Waals surface area contributed by atoms with Crippen molar-refractivity contribution < 1.29 is 14.3 Å². The van der Waals surface area contributed by atoms with Gasteiger partial charge in [0.25, 0.3) is 0 Å². The third-order valence-corrected chi connectivity index (χ3v) is 2.32. The number of benzene rings is 1. The molecule has 0 aliphatic heterocycles. The molecule has 0 unspecified atom stereocenters. The minimum atomic E-state index is -0.981. The summed E-state index contributed by atoms with van der Waals surface area (Å²) in [6, 6.07) is 6.39. The van der Waals surface area contributed by atoms with Crippen LogP contribution in [0.5, 0.6) is 0 Å². The Morgan fingerprint density at radius 2 is 2.31 bits per heavy atom. The number of alkyl halides is 1. The second kappa shape index (κ2) is 4.37. The van der Waals surface area contributed by atoms with E-state index >= 15 is 0 Å². The lowest BCUT2D eigenvalue weighted by molar-refractivity contribution is 0.0697. The van der Waals surface area contributed by atoms with Gasteiger partial charge in [0.1, 0.15) is 6.26 Å². The van der Waals surface area contributed by atoms with E-state index in [-0.39, 0.29) is 11.4 Å². The second-order valence-corrected chi connectivity index (χ2v) is 3.43. The number of nitrogens with zero attached hydrogens (tertiary/aromatic N) is 1. The molecule has 82 valence electrons. The molecule has 0 bridgehead atoms. The normalized spacial score (nSPS) is 10.3. The van der Waals surface area contributed by atoms with Crippen molar-refractivity contribution in [2.45, 2.75) is 5.88 Å². The van der Waals surface area contributed by atoms with Gasteiger partial charge >= 0.3 is 5.97 Å². The first kappa shape index (κ1) is 10.7. The standard InChI is InChI=1S/C11H8ClNO3/c12-5-9-6-16-10(13-9)7-2-1-3-8(4-7)11(14)15/h1-4,6H,5H2,(H,14,15). The number of oxazole rings is 1. The third-order valence-electron chi connectivity index (χ3n) is 2.05. The molecule has 2 aromatic rings. The van der Waals surface area contributed by atoms with Gasteiger partial charge in [-0.25, -0.2) is 9.78 Å². The Morgan fingerprint density at radius 1 is 1.50 bits per heavy atom. The van der Waals surface area contributed by atoms with Crippen LogP contribution >= 0.6 is 11.6 Å². The highest BCUT2D eigenvalue weighted by molar-refractivity contribution is 6.16. The predicted octanol–water partition coefficient (Wildman–Crippen LogP) is 2.78. The Kier molecular flexibility index (Phi) is 2.92. The van der Waals surface area contributed by atoms with E-state index in [0.29, 0.717) is 17.1 Å². The topological polar surface area (TPSA) is 63.3 Å². The average molecular weight is 238 g/mol. The molecule has 0 spiro atoms. The Bertz CT molecular complexity index is 521. The van der Waals surface area contributed by atoms with Crippen molar-refractivity contribution in [3.8, 4) is 11.5 Å². The molecule has 1 aromatic carbocycles. The summed E-state index contributed by atoms with van der Waals surface area (Å²) in [5.41, 5.74) is 1.44. The molecule has 0 radical (unpaired) electrons. The first-order chi connectivity index (χ1) is 7.70. The number of halogens is 1. The summed E-state index contributed by atoms with van der Waals surface area (Å²) >= 11 is 5.59. The van der Waals surface area contributed by atoms with Crippen LogP contribution in [0.1, 0.15) is 16.1 Å². The summed E-state index contributed by atoms with van der Waals surface area (Å²) in [5, 5.41) is 8.84. The Labute approximate surface area is 96.5 Å². The van der Waals surface area contributed by atoms with Crippen LogP contribution in [-0.4, -0.2) is 16.1 Å². The van der Waals surface area contributed by atoms with Crippen molar-refractivity contribution in [3.05, 3.63) is 41.8 Å². The number of carboxylic acid groups (broad SMARTS) is 1. The maximum absolute atomic E-state index is 10.8. The van der Waals surface area contributed by atoms with Gasteiger partial charge in [-0.3, -0.25) is 0 Å². The summed E-state index contributed by atoms with van der Waals surface area (Å²) < 4.78 is 5.19. The van der Waals surface area contributed by atoms with Gasteiger partial charge in [-0.2, -0.15) is 0 Å². The van der Waals surface area contributed by atoms with E-state index in [1.54, 1.807) is 12.1 Å². The average Bonchev–Trinajstić information content (AvgIpc) is 2.77. The molecule has 0 atom stereocenters. The van der Waals surface area contributed by atoms with Crippen LogP contribution < -0.4 is 0 Å². The molecule has 0 saturated carbocycles. The molecule has 5 heteroatoms. The maximum Gasteiger partial charge on any atom is 0.335 e. The second-order valence-electron chi connectivity index (χ2n) is 3.16. The molecular weight excluding hydrogens is 230 g/mol. The van der Waals surface area contributed by atoms with Crippen LogP contribution in [0.15, 0.2) is 34.9 Å². The number of hydrogen-bond donors (Lipinski definition) is 1. The number of aromatic carboxylic acids is 1. The zero-order valence-corrected chi connectivity index (χ0v) is 8.94. The maximum atomic E-state index is 10.8. The fourth-order valence-electron chi connectivity index (χ4n) is 1.29. The molecule has 1 heterocycles. The van der Waals surface area contributed by atoms with E-state index in [9.17, 15) is 4.79 Å². The molecule has 1 N–H and O–H groups in total. The lowest BCUT2D eigenvalue weighted by Gasteiger charge is -1.97. The van der Waals surface area contributed by atoms with Gasteiger partial charge in [-0.1, -0.05) is 6.07 Å². The van der Waals surface area contributed by atoms with Crippen molar-refractivity contribution in [2.75, 3.05) is 0 Å². The van der Waals surface area contributed by atoms with Crippen molar-refractivity contribution in [2.24, 2.45) is 0 Å². The monoisotopic (exact) mass is 237 g/mol. The molecule has 1 aromatic heterocycles. The third kappa shape index (κ3) is 2.06. The zero-order chi connectivity index (χ0) is 11.5. The van der Waals surface area contributed by atoms with E-state index in [2.05, 4.69) is 4.98 Å². The zero-order valence-electron chi connectivity index (χ0n) is 8.18. The van der Waals surface area contributed by atoms with E-state index in [4.69, 9.17) is 21.1 Å². The van der Waals surface area contributed by atoms with Gasteiger partial charge in [0.05, 0.1) is 17.1 Å². The number of hydrogen-bond acceptors (Lipinski definition) is 3. The van der Waals surface area contributed by atoms with Crippen LogP contribution in [0.3, 0.4) is 0 Å². The van der Waals surface area contributed by atoms with Gasteiger partial charge in [-0.15, -0.1) is 11.6 Å². The highest BCUT2D eigenvalue weighted by atomic mass is 35.5. The minimum absolute atomic E-state index is 0.197. The summed E-state index contributed by atoms with van der Waals surface area (Å²) in [4.78, 5) is 14.9. The van der Waals surface area contributed by atoms with Gasteiger partial charge in [0.2, 0.25) is 5.89 Å². The summed E-state index contributed by atoms with van der Waals surface area (Å²) in [5.74, 6) is -0.341. The quantitative estimate of drug-likeness (QED) is 0.834. The van der Waals surface area contributed by atoms with E-state index in [1.165, 1.54) is 18.4 Å². The van der Waals surface area contributed by atoms with Crippen LogP contribution in [0.25, 0.3) is 11.5 Å². The van der Waals surface area contributed by atoms with E-state index in [1.807, 2.05) is 0 Å². The highest BCUT2D eigenvalue weighted by Crippen LogP contribution is 2.20. The SMILES string of the molecule is O=C(O)c1cccc(-c2nc(CCl)co2)c1. The van der Waals surface area contributed by atoms with Gasteiger partial charge in [0.15, 0.2) is 0 Å². The Morgan fingerprint density at radius 3 is 2.94 bits per heavy atom. The fourth-order valence-corrected chi connectivity index (χ4v) is 1.41. The Balaban J connectivity index is 2.40. The lowest BCUT2D eigenvalue weighted by Crippen LogP contribution is -1.95. The molecule has 0 amide bonds. The van der Waals surface area contributed by atoms with Crippen molar-refractivity contribution in [1.29, 1.82) is 0 Å². The van der Waals surface area contributed by atoms with E-state index < -0.39 is 5.97 Å². The number of carbonyl (C=O) groups is 1. The van der Waals surface area contributed by atoms with Crippen LogP contribution in [0.2, 0.25) is 0 Å². The van der Waals surface area contributed by atoms with Crippen molar-refractivity contribution >= 4 is 17.6 Å². The molecular formula is C11H8ClNO3. The van der Waals surface area contributed by atoms with E-state index in [0.717, 1.165) is 0 Å². The minimum Gasteiger partial charge on any atom is -0.478 e. The van der Waals surface area contributed by atoms with Crippen molar-refractivity contribution in [3.63, 3.8) is 0 Å². The summed E-state index contributed by atoms with van der Waals surface area (Å²) in [6.07, 6.45) is 1.45. The van der Waals surface area contributed by atoms with Gasteiger partial charge in [-0.05, 0) is 18.2 Å². The van der Waals surface area contributed by atoms with Crippen LogP contribution in [-0.2, 0) is 5.88 Å². The number of carboxylic acids is 1. The van der Waals surface area contributed by atoms with Crippen LogP contribution in [0.4, 0.5) is 0 Å². The lowest BCUT2D eigenvalue weighted by atomic mass is 10.1. The van der Waals surface area contributed by atoms with Gasteiger partial charge in [0, 0.05) is 5.56 Å². The molecule has 16 heavy (non-hydrogen) atoms. The van der Waals surface area contributed by atoms with Crippen LogP contribution in [0, 0.1) is 0 Å². The largest absolute Gasteiger partial charge is 0.478 e. The summed E-state index contributed by atoms with van der Waals surface area (Å²) in [6.45, 7) is 0. The number of aromatic nitrogens is 1. The number of rotatable bonds is 3. The predicted molar refractivity (Wildman–Crippen MR) is 58.5 cm³/mol. The fraction of sp³-hybridized carbons (Fsp3) is 0.0909. The smallest absolute Gasteiger partial charge is 0.335 e. The Hall–Kier alpha value is -1.81. The molecule has 2 rings (SSSR count). The molecule has 0 aliphatic rings. The highest BCUT2D eigenvalue weighted by Gasteiger charge is 2.09. The summed E-state index contributed by atoms with van der Waals surface area (Å²) in [7, 11) is 0. The molecule has 4 nitrogen and oxygen atoms in total. The van der Waals surface area contributed by atoms with Gasteiger partial charge < -0.3 is 9.52 Å². The van der Waals surface area contributed by atoms with Crippen molar-refractivity contribution in [1.82, 2.24) is 4.98 Å². The first-order valence-corrected chi connectivity index (χ1v) is 5.08. The molecule has 0 aliphatic carbocycles.